The molecule has 3 aliphatic rings. The number of fused-ring (bicyclic) bond motifs is 3. The fourth-order valence-corrected chi connectivity index (χ4v) is 14.9. The van der Waals surface area contributed by atoms with Gasteiger partial charge in [0, 0.05) is 101 Å². The molecule has 18 rings (SSSR count). The number of likely N-dealkylation sites (tertiary alicyclic amines) is 1. The number of imidazole rings is 3. The summed E-state index contributed by atoms with van der Waals surface area (Å²) in [5.41, 5.74) is 24.9. The Morgan fingerprint density at radius 3 is 1.12 bits per heavy atom. The van der Waals surface area contributed by atoms with Gasteiger partial charge < -0.3 is 50.8 Å². The van der Waals surface area contributed by atoms with Crippen LogP contribution in [0.1, 0.15) is 25.7 Å². The van der Waals surface area contributed by atoms with Gasteiger partial charge in [-0.3, -0.25) is 42.8 Å². The van der Waals surface area contributed by atoms with E-state index in [0.717, 1.165) is 32.7 Å². The molecule has 3 amide bonds. The first-order valence-corrected chi connectivity index (χ1v) is 41.3. The number of morpholine rings is 1. The van der Waals surface area contributed by atoms with Crippen LogP contribution in [0.2, 0.25) is 0 Å². The lowest BCUT2D eigenvalue weighted by molar-refractivity contribution is -0.114. The van der Waals surface area contributed by atoms with Crippen molar-refractivity contribution in [2.45, 2.75) is 31.7 Å². The molecule has 32 heteroatoms. The third kappa shape index (κ3) is 19.4. The van der Waals surface area contributed by atoms with Gasteiger partial charge in [0.2, 0.25) is 23.6 Å². The third-order valence-corrected chi connectivity index (χ3v) is 21.8. The fraction of sp³-hybridized carbons (Fsp3) is 0.189. The Hall–Kier alpha value is -15.8. The quantitative estimate of drug-likeness (QED) is 0.0447. The summed E-state index contributed by atoms with van der Waals surface area (Å²) >= 11 is 0. The van der Waals surface area contributed by atoms with Gasteiger partial charge in [-0.25, -0.2) is 63.0 Å². The summed E-state index contributed by atoms with van der Waals surface area (Å²) in [5.74, 6) is 3.68. The van der Waals surface area contributed by atoms with Crippen molar-refractivity contribution >= 4 is 85.7 Å². The predicted octanol–water partition coefficient (Wildman–Crippen LogP) is 12.3. The lowest BCUT2D eigenvalue weighted by Gasteiger charge is -2.25. The Labute approximate surface area is 729 Å². The van der Waals surface area contributed by atoms with Crippen LogP contribution in [0.3, 0.4) is 0 Å². The van der Waals surface area contributed by atoms with Crippen molar-refractivity contribution in [3.8, 4) is 68.8 Å². The molecule has 127 heavy (non-hydrogen) atoms. The molecule has 1 aliphatic carbocycles. The van der Waals surface area contributed by atoms with Crippen molar-refractivity contribution in [2.75, 3.05) is 119 Å². The minimum atomic E-state index is -0.412. The number of ether oxygens (including phenoxy) is 4. The van der Waals surface area contributed by atoms with Gasteiger partial charge in [-0.15, -0.1) is 0 Å². The SMILES string of the molecule is CN(C(=O)/C=C/CN(C)C1CC1)c1cccc(-n2c(=O)n(-c3ccc(Oc4ccccc4)nc3)c3c(N)ncnc32)c1.CN(C(=O)/C=C/CN1CCCC1)c1cccc(-n2c(=O)n(-c3ccc(Oc4ccccc4)cc3)c3c(N)ncnc32)c1.CN(C(=O)/C=C/CN1CCOCC1)c1cccc(-n2c(=O)n(-c3ccc(Oc4ccccc4)cc3)c3c(N)ncnc32)c1. The molecule has 8 aromatic carbocycles. The number of nitrogens with two attached hydrogens (primary N) is 3. The van der Waals surface area contributed by atoms with Gasteiger partial charge in [0.25, 0.3) is 0 Å². The van der Waals surface area contributed by atoms with Crippen molar-refractivity contribution < 1.29 is 33.3 Å². The second kappa shape index (κ2) is 38.7. The van der Waals surface area contributed by atoms with Crippen LogP contribution in [0.4, 0.5) is 34.5 Å². The van der Waals surface area contributed by atoms with E-state index in [1.165, 1.54) is 78.3 Å². The summed E-state index contributed by atoms with van der Waals surface area (Å²) in [4.78, 5) is 122. The van der Waals surface area contributed by atoms with Gasteiger partial charge in [-0.1, -0.05) is 91.0 Å². The maximum atomic E-state index is 14.0. The number of pyridine rings is 1. The summed E-state index contributed by atoms with van der Waals surface area (Å²) in [6.07, 6.45) is 20.7. The number of carbonyl (C=O) groups is 3. The number of likely N-dealkylation sites (N-methyl/N-ethyl adjacent to an activating group) is 4. The zero-order valence-electron chi connectivity index (χ0n) is 70.2. The minimum Gasteiger partial charge on any atom is -0.457 e. The summed E-state index contributed by atoms with van der Waals surface area (Å²) in [6, 6.07) is 68.0. The maximum absolute atomic E-state index is 14.0. The van der Waals surface area contributed by atoms with Crippen LogP contribution in [-0.2, 0) is 19.1 Å². The Morgan fingerprint density at radius 2 is 0.740 bits per heavy atom. The second-order valence-corrected chi connectivity index (χ2v) is 30.3. The number of benzene rings is 8. The summed E-state index contributed by atoms with van der Waals surface area (Å²) in [7, 11) is 7.18. The number of nitrogen functional groups attached to an aromatic ring is 3. The van der Waals surface area contributed by atoms with Crippen molar-refractivity contribution in [3.63, 3.8) is 0 Å². The zero-order chi connectivity index (χ0) is 88.0. The van der Waals surface area contributed by atoms with E-state index in [9.17, 15) is 28.8 Å². The topological polar surface area (TPSA) is 357 Å². The van der Waals surface area contributed by atoms with Crippen LogP contribution in [0.5, 0.6) is 34.6 Å². The number of aromatic nitrogens is 13. The molecule has 0 spiro atoms. The molecule has 0 unspecified atom stereocenters. The predicted molar refractivity (Wildman–Crippen MR) is 490 cm³/mol. The molecule has 1 saturated carbocycles. The molecular weight excluding hydrogens is 1610 g/mol. The molecule has 0 radical (unpaired) electrons. The van der Waals surface area contributed by atoms with Crippen molar-refractivity contribution in [2.24, 2.45) is 0 Å². The highest BCUT2D eigenvalue weighted by atomic mass is 16.5. The summed E-state index contributed by atoms with van der Waals surface area (Å²) < 4.78 is 31.8. The number of carbonyl (C=O) groups excluding carboxylic acids is 3. The molecule has 15 aromatic rings. The van der Waals surface area contributed by atoms with Crippen LogP contribution in [-0.4, -0.2) is 188 Å². The van der Waals surface area contributed by atoms with Crippen LogP contribution < -0.4 is 63.2 Å². The Bertz CT molecular complexity index is 6480. The van der Waals surface area contributed by atoms with E-state index < -0.39 is 5.69 Å². The van der Waals surface area contributed by atoms with Gasteiger partial charge in [0.15, 0.2) is 34.4 Å². The van der Waals surface area contributed by atoms with Crippen molar-refractivity contribution in [1.29, 1.82) is 0 Å². The molecule has 642 valence electrons. The maximum Gasteiger partial charge on any atom is 0.339 e. The number of hydrogen-bond acceptors (Lipinski definition) is 23. The average Bonchev–Trinajstić information content (AvgIpc) is 1.60. The summed E-state index contributed by atoms with van der Waals surface area (Å²) in [5, 5.41) is 0. The number of para-hydroxylation sites is 3. The number of hydrogen-bond donors (Lipinski definition) is 3. The fourth-order valence-electron chi connectivity index (χ4n) is 14.9. The molecule has 7 aromatic heterocycles. The number of amides is 3. The Morgan fingerprint density at radius 1 is 0.386 bits per heavy atom. The molecule has 0 bridgehead atoms. The summed E-state index contributed by atoms with van der Waals surface area (Å²) in [6.45, 7) is 7.39. The first-order chi connectivity index (χ1) is 61.9. The zero-order valence-corrected chi connectivity index (χ0v) is 70.2. The Balaban J connectivity index is 0.000000140. The lowest BCUT2D eigenvalue weighted by atomic mass is 10.2. The van der Waals surface area contributed by atoms with E-state index in [-0.39, 0.29) is 46.6 Å². The van der Waals surface area contributed by atoms with Crippen LogP contribution >= 0.6 is 0 Å². The van der Waals surface area contributed by atoms with E-state index in [1.54, 1.807) is 169 Å². The normalized spacial score (nSPS) is 13.6. The van der Waals surface area contributed by atoms with Crippen molar-refractivity contribution in [1.82, 2.24) is 77.0 Å². The van der Waals surface area contributed by atoms with E-state index in [4.69, 9.17) is 36.1 Å². The molecule has 2 aliphatic heterocycles. The minimum absolute atomic E-state index is 0.144. The molecule has 2 saturated heterocycles. The van der Waals surface area contributed by atoms with Crippen LogP contribution in [0.25, 0.3) is 67.6 Å². The van der Waals surface area contributed by atoms with Crippen LogP contribution in [0.15, 0.2) is 300 Å². The van der Waals surface area contributed by atoms with E-state index in [2.05, 4.69) is 56.6 Å². The average molecular weight is 1700 g/mol. The highest BCUT2D eigenvalue weighted by Crippen LogP contribution is 2.33. The van der Waals surface area contributed by atoms with E-state index in [1.807, 2.05) is 127 Å². The molecule has 3 fully saturated rings. The van der Waals surface area contributed by atoms with Crippen LogP contribution in [0, 0.1) is 0 Å². The van der Waals surface area contributed by atoms with E-state index >= 15 is 0 Å². The lowest BCUT2D eigenvalue weighted by Crippen LogP contribution is -2.36. The standard InChI is InChI=1S/C32H31N7O4.C32H31N7O3.C31H30N8O3/c1-36(28(40)11-6-16-37-17-19-42-20-18-37)24-7-5-8-25(21-24)39-31-29(30(33)34-22-35-31)38(32(39)41)23-12-14-27(15-13-23)43-26-9-3-2-4-10-26;1-36(28(40)13-8-20-37-18-5-6-19-37)24-9-7-10-25(21-24)39-31-29(30(33)34-22-35-31)38(32(39)41)23-14-16-27(17-15-23)42-26-11-3-2-4-12-26;1-36(21-13-14-21)17-7-12-27(40)37(2)22-8-6-9-23(18-22)39-30-28(29(32)34-20-35-30)38(31(39)41)24-15-16-26(33-19-24)42-25-10-4-3-5-11-25/h2-15,21-22H,16-20H2,1H3,(H2,33,34,35);2-4,7-17,21-22H,5-6,18-20H2,1H3,(H2,33,34,35);3-12,15-16,18-21H,13-14,17H2,1-2H3,(H2,32,34,35)/b11-6+;13-8+;12-7+. The first-order valence-electron chi connectivity index (χ1n) is 41.3. The van der Waals surface area contributed by atoms with Gasteiger partial charge in [-0.05, 0) is 191 Å². The Kier molecular flexibility index (Phi) is 25.9. The second-order valence-electron chi connectivity index (χ2n) is 30.3. The third-order valence-electron chi connectivity index (χ3n) is 21.8. The number of nitrogens with zero attached hydrogens (tertiary/aromatic N) is 19. The molecular formula is C95H92N22O10. The largest absolute Gasteiger partial charge is 0.457 e. The van der Waals surface area contributed by atoms with E-state index in [0.29, 0.717) is 152 Å². The van der Waals surface area contributed by atoms with Gasteiger partial charge in [-0.2, -0.15) is 0 Å². The van der Waals surface area contributed by atoms with Crippen molar-refractivity contribution in [3.05, 3.63) is 318 Å². The molecule has 6 N–H and O–H groups in total. The molecule has 32 nitrogen and oxygen atoms in total. The molecule has 9 heterocycles. The highest BCUT2D eigenvalue weighted by Gasteiger charge is 2.28. The number of rotatable bonds is 25. The highest BCUT2D eigenvalue weighted by molar-refractivity contribution is 6.03. The van der Waals surface area contributed by atoms with Gasteiger partial charge in [0.05, 0.1) is 53.5 Å². The van der Waals surface area contributed by atoms with Gasteiger partial charge in [0.1, 0.15) is 64.3 Å². The first kappa shape index (κ1) is 84.8. The van der Waals surface area contributed by atoms with Gasteiger partial charge >= 0.3 is 17.1 Å². The smallest absolute Gasteiger partial charge is 0.339 e. The molecule has 0 atom stereocenters. The monoisotopic (exact) mass is 1700 g/mol. The number of anilines is 6.